The van der Waals surface area contributed by atoms with Crippen LogP contribution in [-0.4, -0.2) is 4.38 Å². The summed E-state index contributed by atoms with van der Waals surface area (Å²) in [6, 6.07) is 0. The molecule has 3 saturated heterocycles. The lowest BCUT2D eigenvalue weighted by atomic mass is 11.8. The molecular weight excluding hydrogens is 136 g/mol. The highest BCUT2D eigenvalue weighted by Gasteiger charge is 2.93. The highest BCUT2D eigenvalue weighted by molar-refractivity contribution is 9.14. The molecule has 4 unspecified atom stereocenters. The van der Waals surface area contributed by atoms with Crippen LogP contribution >= 0.6 is 31.1 Å². The van der Waals surface area contributed by atoms with Crippen LogP contribution in [0.2, 0.25) is 0 Å². The summed E-state index contributed by atoms with van der Waals surface area (Å²) in [4.78, 5) is 0. The van der Waals surface area contributed by atoms with Crippen LogP contribution in [0.15, 0.2) is 0 Å². The summed E-state index contributed by atoms with van der Waals surface area (Å²) >= 11 is 0. The van der Waals surface area contributed by atoms with E-state index in [0.717, 1.165) is 14.6 Å². The van der Waals surface area contributed by atoms with Crippen LogP contribution in [0, 0.1) is 0 Å². The molecule has 3 rings (SSSR count). The van der Waals surface area contributed by atoms with Crippen molar-refractivity contribution in [2.24, 2.45) is 0 Å². The van der Waals surface area contributed by atoms with Crippen molar-refractivity contribution in [2.45, 2.75) is 4.38 Å². The maximum atomic E-state index is 1.54. The van der Waals surface area contributed by atoms with E-state index in [1.807, 2.05) is 0 Å². The van der Waals surface area contributed by atoms with Gasteiger partial charge in [0.15, 0.2) is 0 Å². The van der Waals surface area contributed by atoms with Gasteiger partial charge in [0.2, 0.25) is 0 Å². The molecule has 4 heteroatoms. The smallest absolute Gasteiger partial charge is 0.0680 e. The Morgan fingerprint density at radius 3 is 1.60 bits per heavy atom. The minimum Gasteiger partial charge on any atom is -0.0680 e. The third kappa shape index (κ3) is 0.168. The Labute approximate surface area is 36.2 Å². The van der Waals surface area contributed by atoms with Crippen LogP contribution in [0.4, 0.5) is 0 Å². The first-order chi connectivity index (χ1) is 2.43. The van der Waals surface area contributed by atoms with Crippen LogP contribution in [0.5, 0.6) is 0 Å². The van der Waals surface area contributed by atoms with Gasteiger partial charge in [-0.1, -0.05) is 16.5 Å². The Bertz CT molecular complexity index is 94.2. The zero-order chi connectivity index (χ0) is 3.07. The van der Waals surface area contributed by atoms with Crippen molar-refractivity contribution in [1.82, 2.24) is 0 Å². The Morgan fingerprint density at radius 1 is 1.20 bits per heavy atom. The van der Waals surface area contributed by atoms with Crippen LogP contribution in [0.3, 0.4) is 0 Å². The molecule has 3 aliphatic heterocycles. The summed E-state index contributed by atoms with van der Waals surface area (Å²) < 4.78 is 1.27. The second-order valence-corrected chi connectivity index (χ2v) is 17.3. The summed E-state index contributed by atoms with van der Waals surface area (Å²) in [6.45, 7) is 0. The Kier molecular flexibility index (Phi) is 0.298. The lowest BCUT2D eigenvalue weighted by Crippen LogP contribution is -1.33. The molecule has 0 nitrogen and oxygen atoms in total. The average molecular weight is 138 g/mol. The van der Waals surface area contributed by atoms with Crippen LogP contribution in [0.25, 0.3) is 0 Å². The zero-order valence-electron chi connectivity index (χ0n) is 2.39. The predicted octanol–water partition coefficient (Wildman–Crippen LogP) is 2.70. The summed E-state index contributed by atoms with van der Waals surface area (Å²) in [6.07, 6.45) is 0. The molecule has 0 radical (unpaired) electrons. The second kappa shape index (κ2) is 0.516. The van der Waals surface area contributed by atoms with Crippen molar-refractivity contribution >= 4 is 31.1 Å². The van der Waals surface area contributed by atoms with E-state index in [4.69, 9.17) is 0 Å². The lowest BCUT2D eigenvalue weighted by molar-refractivity contribution is 2.09. The standard InChI is InChI=1S/CH2P4/c2-1-3-5(1)4(1)2/h2-3H. The molecule has 26 valence electrons. The topological polar surface area (TPSA) is 0 Å². The van der Waals surface area contributed by atoms with E-state index in [1.165, 1.54) is 20.9 Å². The lowest BCUT2D eigenvalue weighted by Gasteiger charge is -1.66. The molecular formula is CH2P4. The summed E-state index contributed by atoms with van der Waals surface area (Å²) in [7, 11) is 4.91. The summed E-state index contributed by atoms with van der Waals surface area (Å²) in [5.41, 5.74) is 0. The van der Waals surface area contributed by atoms with Gasteiger partial charge in [-0.2, -0.15) is 0 Å². The van der Waals surface area contributed by atoms with E-state index in [1.54, 1.807) is 0 Å². The number of rotatable bonds is 0. The molecule has 3 heterocycles. The summed E-state index contributed by atoms with van der Waals surface area (Å²) in [5, 5.41) is 0. The largest absolute Gasteiger partial charge is 0.0682 e. The molecule has 0 amide bonds. The molecule has 0 bridgehead atoms. The molecule has 0 aromatic rings. The van der Waals surface area contributed by atoms with Crippen molar-refractivity contribution in [1.29, 1.82) is 0 Å². The molecule has 0 N–H and O–H groups in total. The van der Waals surface area contributed by atoms with Crippen LogP contribution < -0.4 is 0 Å². The van der Waals surface area contributed by atoms with Crippen molar-refractivity contribution in [2.75, 3.05) is 0 Å². The quantitative estimate of drug-likeness (QED) is 0.451. The van der Waals surface area contributed by atoms with Crippen LogP contribution in [0.1, 0.15) is 0 Å². The third-order valence-corrected chi connectivity index (χ3v) is 29.2. The number of fused-ring (bicyclic) bond motifs is 1. The molecule has 0 aromatic carbocycles. The first kappa shape index (κ1) is 2.89. The molecule has 0 aliphatic carbocycles. The summed E-state index contributed by atoms with van der Waals surface area (Å²) in [5.74, 6) is 0. The van der Waals surface area contributed by atoms with Gasteiger partial charge in [0, 0.05) is 0 Å². The minimum atomic E-state index is 0.916. The maximum absolute atomic E-state index is 1.54. The van der Waals surface area contributed by atoms with Gasteiger partial charge in [-0.3, -0.25) is 0 Å². The Morgan fingerprint density at radius 2 is 1.60 bits per heavy atom. The predicted molar refractivity (Wildman–Crippen MR) is 33.2 cm³/mol. The molecule has 3 aliphatic rings. The fraction of sp³-hybridized carbons (Fsp3) is 1.00. The first-order valence-electron chi connectivity index (χ1n) is 1.59. The van der Waals surface area contributed by atoms with E-state index >= 15 is 0 Å². The van der Waals surface area contributed by atoms with Crippen molar-refractivity contribution in [3.8, 4) is 0 Å². The first-order valence-corrected chi connectivity index (χ1v) is 8.67. The van der Waals surface area contributed by atoms with E-state index in [2.05, 4.69) is 0 Å². The van der Waals surface area contributed by atoms with E-state index < -0.39 is 0 Å². The van der Waals surface area contributed by atoms with Crippen molar-refractivity contribution in [3.05, 3.63) is 0 Å². The monoisotopic (exact) mass is 138 g/mol. The van der Waals surface area contributed by atoms with Gasteiger partial charge < -0.3 is 0 Å². The maximum Gasteiger partial charge on any atom is 0.0682 e. The number of hydrogen-bond donors (Lipinski definition) is 0. The normalized spacial score (nSPS) is 101. The SMILES string of the molecule is P1P2P3PC123. The van der Waals surface area contributed by atoms with E-state index in [0.29, 0.717) is 0 Å². The highest BCUT2D eigenvalue weighted by Crippen LogP contribution is 3.52. The van der Waals surface area contributed by atoms with E-state index in [9.17, 15) is 0 Å². The van der Waals surface area contributed by atoms with Crippen molar-refractivity contribution in [3.63, 3.8) is 0 Å². The average Bonchev–Trinajstić information content (AvgIpc) is 2.04. The third-order valence-electron chi connectivity index (χ3n) is 1.20. The minimum absolute atomic E-state index is 0.916. The zero-order valence-corrected chi connectivity index (χ0v) is 6.18. The van der Waals surface area contributed by atoms with Crippen molar-refractivity contribution < 1.29 is 0 Å². The molecule has 1 spiro atoms. The van der Waals surface area contributed by atoms with Gasteiger partial charge in [0.25, 0.3) is 0 Å². The fourth-order valence-electron chi connectivity index (χ4n) is 0.595. The van der Waals surface area contributed by atoms with Gasteiger partial charge in [0.1, 0.15) is 0 Å². The second-order valence-electron chi connectivity index (χ2n) is 1.52. The fourth-order valence-corrected chi connectivity index (χ4v) is 34.4. The molecule has 0 aromatic heterocycles. The van der Waals surface area contributed by atoms with Gasteiger partial charge in [0.05, 0.1) is 4.38 Å². The molecule has 3 fully saturated rings. The van der Waals surface area contributed by atoms with Gasteiger partial charge in [-0.25, -0.2) is 0 Å². The van der Waals surface area contributed by atoms with E-state index in [-0.39, 0.29) is 0 Å². The highest BCUT2D eigenvalue weighted by atomic mass is 32.8. The number of hydrogen-bond acceptors (Lipinski definition) is 0. The van der Waals surface area contributed by atoms with Gasteiger partial charge in [-0.15, -0.1) is 0 Å². The Balaban J connectivity index is 2.49. The molecule has 0 saturated carbocycles. The van der Waals surface area contributed by atoms with Gasteiger partial charge in [-0.05, 0) is 14.6 Å². The molecule has 5 heavy (non-hydrogen) atoms. The van der Waals surface area contributed by atoms with Crippen LogP contribution in [-0.2, 0) is 0 Å². The Hall–Kier alpha value is 1.72. The molecule has 4 atom stereocenters. The van der Waals surface area contributed by atoms with Gasteiger partial charge >= 0.3 is 0 Å².